The van der Waals surface area contributed by atoms with E-state index < -0.39 is 4.92 Å². The second kappa shape index (κ2) is 5.33. The fraction of sp³-hybridized carbons (Fsp3) is 0.273. The Morgan fingerprint density at radius 3 is 2.95 bits per heavy atom. The molecule has 0 aliphatic rings. The Hall–Kier alpha value is -1.99. The molecule has 0 aliphatic carbocycles. The van der Waals surface area contributed by atoms with Gasteiger partial charge in [0.05, 0.1) is 33.6 Å². The second-order valence-corrected chi connectivity index (χ2v) is 4.40. The van der Waals surface area contributed by atoms with Gasteiger partial charge in [-0.2, -0.15) is 0 Å². The number of halogens is 1. The quantitative estimate of drug-likeness (QED) is 0.684. The molecule has 100 valence electrons. The predicted octanol–water partition coefficient (Wildman–Crippen LogP) is 2.24. The molecule has 1 aromatic heterocycles. The fourth-order valence-electron chi connectivity index (χ4n) is 1.56. The SMILES string of the molecule is CCC(N)c1cn(-c2cc([N+](=O)[O-])ccc2Cl)nn1. The molecular weight excluding hydrogens is 270 g/mol. The molecule has 0 amide bonds. The van der Waals surface area contributed by atoms with Crippen molar-refractivity contribution in [3.05, 3.63) is 45.2 Å². The lowest BCUT2D eigenvalue weighted by atomic mass is 10.2. The van der Waals surface area contributed by atoms with Gasteiger partial charge in [-0.1, -0.05) is 23.7 Å². The van der Waals surface area contributed by atoms with Crippen LogP contribution in [0.1, 0.15) is 25.1 Å². The third-order valence-electron chi connectivity index (χ3n) is 2.72. The molecule has 1 atom stereocenters. The van der Waals surface area contributed by atoms with E-state index in [0.29, 0.717) is 16.4 Å². The Balaban J connectivity index is 2.43. The number of nitro groups is 1. The van der Waals surface area contributed by atoms with Crippen LogP contribution >= 0.6 is 11.6 Å². The Kier molecular flexibility index (Phi) is 3.77. The van der Waals surface area contributed by atoms with Crippen LogP contribution in [0.25, 0.3) is 5.69 Å². The van der Waals surface area contributed by atoms with E-state index in [2.05, 4.69) is 10.3 Å². The van der Waals surface area contributed by atoms with E-state index in [-0.39, 0.29) is 11.7 Å². The molecular formula is C11H12ClN5O2. The Morgan fingerprint density at radius 1 is 1.58 bits per heavy atom. The number of aromatic nitrogens is 3. The van der Waals surface area contributed by atoms with Crippen LogP contribution in [0.3, 0.4) is 0 Å². The van der Waals surface area contributed by atoms with Crippen molar-refractivity contribution in [2.24, 2.45) is 5.73 Å². The molecule has 2 rings (SSSR count). The summed E-state index contributed by atoms with van der Waals surface area (Å²) in [6, 6.07) is 3.92. The molecule has 0 saturated carbocycles. The van der Waals surface area contributed by atoms with Crippen molar-refractivity contribution < 1.29 is 4.92 Å². The first kappa shape index (κ1) is 13.4. The van der Waals surface area contributed by atoms with Crippen LogP contribution in [0.2, 0.25) is 5.02 Å². The molecule has 0 bridgehead atoms. The molecule has 0 saturated heterocycles. The first-order valence-corrected chi connectivity index (χ1v) is 6.03. The van der Waals surface area contributed by atoms with Crippen LogP contribution in [0, 0.1) is 10.1 Å². The molecule has 0 aliphatic heterocycles. The van der Waals surface area contributed by atoms with Crippen molar-refractivity contribution >= 4 is 17.3 Å². The summed E-state index contributed by atoms with van der Waals surface area (Å²) in [6.45, 7) is 1.93. The van der Waals surface area contributed by atoms with Crippen molar-refractivity contribution in [1.29, 1.82) is 0 Å². The number of benzene rings is 1. The van der Waals surface area contributed by atoms with Crippen molar-refractivity contribution in [2.75, 3.05) is 0 Å². The molecule has 0 fully saturated rings. The largest absolute Gasteiger partial charge is 0.323 e. The molecule has 2 N–H and O–H groups in total. The first-order chi connectivity index (χ1) is 9.02. The summed E-state index contributed by atoms with van der Waals surface area (Å²) in [5.74, 6) is 0. The molecule has 7 nitrogen and oxygen atoms in total. The summed E-state index contributed by atoms with van der Waals surface area (Å²) in [5, 5.41) is 18.9. The van der Waals surface area contributed by atoms with Gasteiger partial charge in [0, 0.05) is 12.1 Å². The van der Waals surface area contributed by atoms with Crippen molar-refractivity contribution in [3.63, 3.8) is 0 Å². The topological polar surface area (TPSA) is 99.9 Å². The van der Waals surface area contributed by atoms with Gasteiger partial charge in [-0.05, 0) is 12.5 Å². The molecule has 1 heterocycles. The van der Waals surface area contributed by atoms with Gasteiger partial charge in [0.15, 0.2) is 0 Å². The lowest BCUT2D eigenvalue weighted by Crippen LogP contribution is -2.08. The number of hydrogen-bond donors (Lipinski definition) is 1. The van der Waals surface area contributed by atoms with Crippen LogP contribution < -0.4 is 5.73 Å². The number of non-ortho nitro benzene ring substituents is 1. The second-order valence-electron chi connectivity index (χ2n) is 4.00. The normalized spacial score (nSPS) is 12.4. The summed E-state index contributed by atoms with van der Waals surface area (Å²) in [5.41, 5.74) is 6.80. The standard InChI is InChI=1S/C11H12ClN5O2/c1-2-9(13)10-6-16(15-14-10)11-5-7(17(18)19)3-4-8(11)12/h3-6,9H,2,13H2,1H3. The molecule has 1 aromatic carbocycles. The molecule has 1 unspecified atom stereocenters. The Morgan fingerprint density at radius 2 is 2.32 bits per heavy atom. The van der Waals surface area contributed by atoms with Crippen molar-refractivity contribution in [3.8, 4) is 5.69 Å². The first-order valence-electron chi connectivity index (χ1n) is 5.65. The summed E-state index contributed by atoms with van der Waals surface area (Å²) >= 11 is 6.02. The average molecular weight is 282 g/mol. The molecule has 2 aromatic rings. The lowest BCUT2D eigenvalue weighted by Gasteiger charge is -2.04. The molecule has 0 spiro atoms. The van der Waals surface area contributed by atoms with Gasteiger partial charge in [0.25, 0.3) is 5.69 Å². The van der Waals surface area contributed by atoms with E-state index in [9.17, 15) is 10.1 Å². The smallest absolute Gasteiger partial charge is 0.271 e. The summed E-state index contributed by atoms with van der Waals surface area (Å²) in [7, 11) is 0. The highest BCUT2D eigenvalue weighted by Crippen LogP contribution is 2.25. The lowest BCUT2D eigenvalue weighted by molar-refractivity contribution is -0.384. The maximum Gasteiger partial charge on any atom is 0.271 e. The third-order valence-corrected chi connectivity index (χ3v) is 3.04. The number of nitrogens with two attached hydrogens (primary N) is 1. The average Bonchev–Trinajstić information content (AvgIpc) is 2.87. The number of nitrogens with zero attached hydrogens (tertiary/aromatic N) is 4. The van der Waals surface area contributed by atoms with Gasteiger partial charge >= 0.3 is 0 Å². The monoisotopic (exact) mass is 281 g/mol. The van der Waals surface area contributed by atoms with Crippen LogP contribution in [0.4, 0.5) is 5.69 Å². The molecule has 8 heteroatoms. The van der Waals surface area contributed by atoms with Gasteiger partial charge in [0.2, 0.25) is 0 Å². The minimum atomic E-state index is -0.491. The number of rotatable bonds is 4. The van der Waals surface area contributed by atoms with Gasteiger partial charge in [-0.15, -0.1) is 5.10 Å². The van der Waals surface area contributed by atoms with Gasteiger partial charge in [-0.25, -0.2) is 4.68 Å². The molecule has 19 heavy (non-hydrogen) atoms. The van der Waals surface area contributed by atoms with E-state index >= 15 is 0 Å². The van der Waals surface area contributed by atoms with E-state index in [0.717, 1.165) is 6.42 Å². The van der Waals surface area contributed by atoms with E-state index in [1.807, 2.05) is 6.92 Å². The van der Waals surface area contributed by atoms with Crippen LogP contribution in [0.15, 0.2) is 24.4 Å². The number of nitro benzene ring substituents is 1. The zero-order valence-corrected chi connectivity index (χ0v) is 10.9. The highest BCUT2D eigenvalue weighted by atomic mass is 35.5. The summed E-state index contributed by atoms with van der Waals surface area (Å²) in [4.78, 5) is 10.3. The minimum Gasteiger partial charge on any atom is -0.323 e. The maximum atomic E-state index is 10.8. The highest BCUT2D eigenvalue weighted by molar-refractivity contribution is 6.32. The maximum absolute atomic E-state index is 10.8. The zero-order chi connectivity index (χ0) is 14.0. The minimum absolute atomic E-state index is 0.0590. The van der Waals surface area contributed by atoms with E-state index in [4.69, 9.17) is 17.3 Å². The highest BCUT2D eigenvalue weighted by Gasteiger charge is 2.14. The van der Waals surface area contributed by atoms with Gasteiger partial charge < -0.3 is 5.73 Å². The van der Waals surface area contributed by atoms with Crippen molar-refractivity contribution in [2.45, 2.75) is 19.4 Å². The zero-order valence-electron chi connectivity index (χ0n) is 10.2. The van der Waals surface area contributed by atoms with Crippen LogP contribution in [-0.2, 0) is 0 Å². The van der Waals surface area contributed by atoms with Crippen molar-refractivity contribution in [1.82, 2.24) is 15.0 Å². The summed E-state index contributed by atoms with van der Waals surface area (Å²) in [6.07, 6.45) is 2.35. The third kappa shape index (κ3) is 2.72. The van der Waals surface area contributed by atoms with Crippen LogP contribution in [0.5, 0.6) is 0 Å². The number of hydrogen-bond acceptors (Lipinski definition) is 5. The molecule has 0 radical (unpaired) electrons. The van der Waals surface area contributed by atoms with Gasteiger partial charge in [-0.3, -0.25) is 10.1 Å². The Bertz CT molecular complexity index is 613. The Labute approximate surface area is 114 Å². The van der Waals surface area contributed by atoms with Crippen LogP contribution in [-0.4, -0.2) is 19.9 Å². The summed E-state index contributed by atoms with van der Waals surface area (Å²) < 4.78 is 1.39. The van der Waals surface area contributed by atoms with E-state index in [1.165, 1.54) is 22.9 Å². The fourth-order valence-corrected chi connectivity index (χ4v) is 1.77. The predicted molar refractivity (Wildman–Crippen MR) is 70.2 cm³/mol. The van der Waals surface area contributed by atoms with E-state index in [1.54, 1.807) is 6.20 Å². The van der Waals surface area contributed by atoms with Gasteiger partial charge in [0.1, 0.15) is 0 Å².